The van der Waals surface area contributed by atoms with Gasteiger partial charge in [0, 0.05) is 12.6 Å². The molecule has 0 aromatic heterocycles. The molecule has 1 heterocycles. The van der Waals surface area contributed by atoms with Gasteiger partial charge in [0.25, 0.3) is 5.91 Å². The highest BCUT2D eigenvalue weighted by Gasteiger charge is 2.34. The molecule has 0 spiro atoms. The molecule has 0 bridgehead atoms. The molecule has 1 aliphatic rings. The van der Waals surface area contributed by atoms with Gasteiger partial charge in [-0.05, 0) is 49.1 Å². The lowest BCUT2D eigenvalue weighted by Gasteiger charge is -2.28. The van der Waals surface area contributed by atoms with E-state index in [1.54, 1.807) is 4.90 Å². The zero-order valence-electron chi connectivity index (χ0n) is 15.7. The maximum absolute atomic E-state index is 12.9. The monoisotopic (exact) mass is 387 g/mol. The van der Waals surface area contributed by atoms with E-state index >= 15 is 0 Å². The number of hydrogen-bond donors (Lipinski definition) is 0. The number of benzene rings is 2. The van der Waals surface area contributed by atoms with Gasteiger partial charge in [0.1, 0.15) is 5.75 Å². The summed E-state index contributed by atoms with van der Waals surface area (Å²) < 4.78 is 29.5. The van der Waals surface area contributed by atoms with Crippen LogP contribution in [0.3, 0.4) is 0 Å². The number of aryl methyl sites for hydroxylation is 2. The minimum absolute atomic E-state index is 0.0229. The molecule has 0 radical (unpaired) electrons. The van der Waals surface area contributed by atoms with Crippen LogP contribution in [0.2, 0.25) is 0 Å². The standard InChI is InChI=1S/C21H25NO4S/c1-16-10-17(2)12-20(11-16)26-14-21(23)22(13-18-6-4-3-5-7-18)19-8-9-27(24,25)15-19/h3-7,10-12,19H,8-9,13-15H2,1-2H3/t19-/m1/s1. The molecule has 0 aliphatic carbocycles. The lowest BCUT2D eigenvalue weighted by molar-refractivity contribution is -0.136. The summed E-state index contributed by atoms with van der Waals surface area (Å²) in [6.07, 6.45) is 0.477. The van der Waals surface area contributed by atoms with Crippen LogP contribution in [0.25, 0.3) is 0 Å². The fourth-order valence-corrected chi connectivity index (χ4v) is 5.20. The summed E-state index contributed by atoms with van der Waals surface area (Å²) in [5, 5.41) is 0. The third-order valence-corrected chi connectivity index (χ3v) is 6.47. The van der Waals surface area contributed by atoms with E-state index in [2.05, 4.69) is 0 Å². The zero-order chi connectivity index (χ0) is 19.4. The smallest absolute Gasteiger partial charge is 0.261 e. The van der Waals surface area contributed by atoms with E-state index in [0.717, 1.165) is 16.7 Å². The maximum atomic E-state index is 12.9. The number of ether oxygens (including phenoxy) is 1. The fourth-order valence-electron chi connectivity index (χ4n) is 3.47. The van der Waals surface area contributed by atoms with Gasteiger partial charge in [-0.15, -0.1) is 0 Å². The third kappa shape index (κ3) is 5.32. The highest BCUT2D eigenvalue weighted by Crippen LogP contribution is 2.21. The molecule has 2 aromatic carbocycles. The van der Waals surface area contributed by atoms with Crippen LogP contribution >= 0.6 is 0 Å². The average Bonchev–Trinajstić information content (AvgIpc) is 2.97. The molecule has 3 rings (SSSR count). The summed E-state index contributed by atoms with van der Waals surface area (Å²) >= 11 is 0. The maximum Gasteiger partial charge on any atom is 0.261 e. The SMILES string of the molecule is Cc1cc(C)cc(OCC(=O)N(Cc2ccccc2)[C@@H]2CCS(=O)(=O)C2)c1. The summed E-state index contributed by atoms with van der Waals surface area (Å²) in [4.78, 5) is 14.6. The predicted octanol–water partition coefficient (Wildman–Crippen LogP) is 2.90. The minimum Gasteiger partial charge on any atom is -0.484 e. The molecule has 1 saturated heterocycles. The van der Waals surface area contributed by atoms with Crippen molar-refractivity contribution in [2.75, 3.05) is 18.1 Å². The Morgan fingerprint density at radius 1 is 1.11 bits per heavy atom. The summed E-state index contributed by atoms with van der Waals surface area (Å²) in [6.45, 7) is 4.24. The zero-order valence-corrected chi connectivity index (χ0v) is 16.5. The molecule has 0 saturated carbocycles. The van der Waals surface area contributed by atoms with Crippen LogP contribution in [-0.2, 0) is 21.2 Å². The summed E-state index contributed by atoms with van der Waals surface area (Å²) in [7, 11) is -3.08. The second kappa shape index (κ2) is 8.13. The molecule has 2 aromatic rings. The third-order valence-electron chi connectivity index (χ3n) is 4.72. The molecule has 1 aliphatic heterocycles. The van der Waals surface area contributed by atoms with Crippen LogP contribution in [0.4, 0.5) is 0 Å². The van der Waals surface area contributed by atoms with Crippen LogP contribution in [-0.4, -0.2) is 43.4 Å². The van der Waals surface area contributed by atoms with Crippen LogP contribution in [0.15, 0.2) is 48.5 Å². The molecule has 144 valence electrons. The average molecular weight is 388 g/mol. The van der Waals surface area contributed by atoms with Crippen LogP contribution in [0.5, 0.6) is 5.75 Å². The van der Waals surface area contributed by atoms with Crippen molar-refractivity contribution in [3.05, 3.63) is 65.2 Å². The number of sulfone groups is 1. The summed E-state index contributed by atoms with van der Waals surface area (Å²) in [6, 6.07) is 15.1. The van der Waals surface area contributed by atoms with E-state index in [9.17, 15) is 13.2 Å². The lowest BCUT2D eigenvalue weighted by atomic mass is 10.1. The molecule has 1 amide bonds. The molecule has 0 N–H and O–H groups in total. The quantitative estimate of drug-likeness (QED) is 0.765. The molecular formula is C21H25NO4S. The first-order valence-corrected chi connectivity index (χ1v) is 10.9. The fraction of sp³-hybridized carbons (Fsp3) is 0.381. The Morgan fingerprint density at radius 3 is 2.37 bits per heavy atom. The second-order valence-corrected chi connectivity index (χ2v) is 9.40. The highest BCUT2D eigenvalue weighted by molar-refractivity contribution is 7.91. The summed E-state index contributed by atoms with van der Waals surface area (Å²) in [5.74, 6) is 0.614. The Labute approximate surface area is 160 Å². The topological polar surface area (TPSA) is 63.7 Å². The van der Waals surface area contributed by atoms with E-state index in [0.29, 0.717) is 18.7 Å². The number of rotatable bonds is 6. The Hall–Kier alpha value is -2.34. The van der Waals surface area contributed by atoms with Gasteiger partial charge in [-0.3, -0.25) is 4.79 Å². The Balaban J connectivity index is 1.73. The van der Waals surface area contributed by atoms with Crippen molar-refractivity contribution in [1.82, 2.24) is 4.90 Å². The van der Waals surface area contributed by atoms with Gasteiger partial charge in [0.2, 0.25) is 0 Å². The molecular weight excluding hydrogens is 362 g/mol. The van der Waals surface area contributed by atoms with E-state index in [1.807, 2.05) is 62.4 Å². The van der Waals surface area contributed by atoms with E-state index in [4.69, 9.17) is 4.74 Å². The Morgan fingerprint density at radius 2 is 1.78 bits per heavy atom. The second-order valence-electron chi connectivity index (χ2n) is 7.18. The van der Waals surface area contributed by atoms with Gasteiger partial charge in [-0.1, -0.05) is 36.4 Å². The van der Waals surface area contributed by atoms with Gasteiger partial charge in [-0.2, -0.15) is 0 Å². The number of carbonyl (C=O) groups excluding carboxylic acids is 1. The van der Waals surface area contributed by atoms with E-state index in [1.165, 1.54) is 0 Å². The summed E-state index contributed by atoms with van der Waals surface area (Å²) in [5.41, 5.74) is 3.11. The number of hydrogen-bond acceptors (Lipinski definition) is 4. The lowest BCUT2D eigenvalue weighted by Crippen LogP contribution is -2.43. The number of nitrogens with zero attached hydrogens (tertiary/aromatic N) is 1. The van der Waals surface area contributed by atoms with Crippen molar-refractivity contribution in [3.8, 4) is 5.75 Å². The van der Waals surface area contributed by atoms with Crippen LogP contribution < -0.4 is 4.74 Å². The first kappa shape index (κ1) is 19.4. The molecule has 1 fully saturated rings. The van der Waals surface area contributed by atoms with Crippen molar-refractivity contribution >= 4 is 15.7 Å². The van der Waals surface area contributed by atoms with Crippen molar-refractivity contribution in [2.45, 2.75) is 32.9 Å². The first-order valence-electron chi connectivity index (χ1n) is 9.07. The molecule has 6 heteroatoms. The van der Waals surface area contributed by atoms with Gasteiger partial charge in [-0.25, -0.2) is 8.42 Å². The van der Waals surface area contributed by atoms with Crippen molar-refractivity contribution < 1.29 is 17.9 Å². The first-order chi connectivity index (χ1) is 12.8. The van der Waals surface area contributed by atoms with Crippen LogP contribution in [0.1, 0.15) is 23.1 Å². The van der Waals surface area contributed by atoms with Gasteiger partial charge in [0.15, 0.2) is 16.4 Å². The number of carbonyl (C=O) groups is 1. The Kier molecular flexibility index (Phi) is 5.85. The van der Waals surface area contributed by atoms with Gasteiger partial charge >= 0.3 is 0 Å². The Bertz CT molecular complexity index is 889. The molecule has 27 heavy (non-hydrogen) atoms. The minimum atomic E-state index is -3.08. The molecule has 0 unspecified atom stereocenters. The largest absolute Gasteiger partial charge is 0.484 e. The van der Waals surface area contributed by atoms with E-state index < -0.39 is 9.84 Å². The van der Waals surface area contributed by atoms with Gasteiger partial charge in [0.05, 0.1) is 11.5 Å². The molecule has 1 atom stereocenters. The normalized spacial score (nSPS) is 18.2. The predicted molar refractivity (Wildman–Crippen MR) is 105 cm³/mol. The van der Waals surface area contributed by atoms with Gasteiger partial charge < -0.3 is 9.64 Å². The van der Waals surface area contributed by atoms with Crippen LogP contribution in [0, 0.1) is 13.8 Å². The van der Waals surface area contributed by atoms with Crippen molar-refractivity contribution in [1.29, 1.82) is 0 Å². The van der Waals surface area contributed by atoms with E-state index in [-0.39, 0.29) is 30.1 Å². The molecule has 5 nitrogen and oxygen atoms in total. The number of amides is 1. The highest BCUT2D eigenvalue weighted by atomic mass is 32.2. The van der Waals surface area contributed by atoms with Crippen molar-refractivity contribution in [3.63, 3.8) is 0 Å². The van der Waals surface area contributed by atoms with Crippen molar-refractivity contribution in [2.24, 2.45) is 0 Å².